The number of alkyl halides is 2. The van der Waals surface area contributed by atoms with E-state index in [4.69, 9.17) is 9.47 Å². The van der Waals surface area contributed by atoms with Crippen molar-refractivity contribution in [3.05, 3.63) is 29.7 Å². The summed E-state index contributed by atoms with van der Waals surface area (Å²) in [5, 5.41) is 2.31. The van der Waals surface area contributed by atoms with E-state index in [9.17, 15) is 22.8 Å². The number of esters is 2. The van der Waals surface area contributed by atoms with Crippen LogP contribution < -0.4 is 14.8 Å². The highest BCUT2D eigenvalue weighted by molar-refractivity contribution is 6.15. The molecule has 0 unspecified atom stereocenters. The van der Waals surface area contributed by atoms with E-state index in [1.165, 1.54) is 13.8 Å². The molecule has 0 aromatic heterocycles. The molecule has 24 heavy (non-hydrogen) atoms. The highest BCUT2D eigenvalue weighted by Gasteiger charge is 2.44. The quantitative estimate of drug-likeness (QED) is 0.500. The van der Waals surface area contributed by atoms with E-state index in [2.05, 4.69) is 14.8 Å². The molecule has 0 spiro atoms. The van der Waals surface area contributed by atoms with Crippen LogP contribution in [0.5, 0.6) is 11.5 Å². The van der Waals surface area contributed by atoms with Gasteiger partial charge in [0.15, 0.2) is 22.9 Å². The molecule has 1 fully saturated rings. The summed E-state index contributed by atoms with van der Waals surface area (Å²) < 4.78 is 57.7. The number of hydrogen-bond acceptors (Lipinski definition) is 7. The Bertz CT molecular complexity index is 752. The van der Waals surface area contributed by atoms with Crippen LogP contribution in [-0.4, -0.2) is 24.0 Å². The summed E-state index contributed by atoms with van der Waals surface area (Å²) in [5.74, 6) is -5.22. The Hall–Kier alpha value is -2.91. The third-order valence-corrected chi connectivity index (χ3v) is 2.98. The van der Waals surface area contributed by atoms with Gasteiger partial charge in [0.25, 0.3) is 5.79 Å². The summed E-state index contributed by atoms with van der Waals surface area (Å²) >= 11 is 0. The summed E-state index contributed by atoms with van der Waals surface area (Å²) in [7, 11) is 0. The molecule has 3 rings (SSSR count). The fourth-order valence-electron chi connectivity index (χ4n) is 2.01. The Kier molecular flexibility index (Phi) is 3.36. The lowest BCUT2D eigenvalue weighted by molar-refractivity contribution is -0.286. The van der Waals surface area contributed by atoms with Gasteiger partial charge in [-0.3, -0.25) is 0 Å². The highest BCUT2D eigenvalue weighted by atomic mass is 19.3. The molecule has 7 nitrogen and oxygen atoms in total. The van der Waals surface area contributed by atoms with E-state index < -0.39 is 46.9 Å². The molecule has 0 bridgehead atoms. The van der Waals surface area contributed by atoms with Crippen LogP contribution in [0.2, 0.25) is 0 Å². The lowest BCUT2D eigenvalue weighted by Crippen LogP contribution is -2.42. The molecule has 2 aliphatic rings. The second kappa shape index (κ2) is 5.05. The Labute approximate surface area is 132 Å². The van der Waals surface area contributed by atoms with Crippen molar-refractivity contribution in [3.63, 3.8) is 0 Å². The van der Waals surface area contributed by atoms with Crippen molar-refractivity contribution in [1.29, 1.82) is 0 Å². The second-order valence-corrected chi connectivity index (χ2v) is 5.33. The molecule has 1 aromatic rings. The molecule has 0 aliphatic carbocycles. The number of anilines is 1. The molecule has 2 aliphatic heterocycles. The second-order valence-electron chi connectivity index (χ2n) is 5.33. The van der Waals surface area contributed by atoms with Crippen LogP contribution in [0.1, 0.15) is 13.8 Å². The van der Waals surface area contributed by atoms with E-state index in [-0.39, 0.29) is 5.69 Å². The Morgan fingerprint density at radius 3 is 2.12 bits per heavy atom. The molecule has 0 amide bonds. The van der Waals surface area contributed by atoms with Crippen molar-refractivity contribution in [2.75, 3.05) is 5.32 Å². The smallest absolute Gasteiger partial charge is 0.419 e. The monoisotopic (exact) mass is 345 g/mol. The minimum atomic E-state index is -3.89. The first-order valence-corrected chi connectivity index (χ1v) is 6.59. The topological polar surface area (TPSA) is 83.1 Å². The number of carbonyl (C=O) groups is 2. The number of fused-ring (bicyclic) bond motifs is 1. The number of carbonyl (C=O) groups excluding carboxylic acids is 2. The zero-order valence-corrected chi connectivity index (χ0v) is 12.3. The zero-order valence-electron chi connectivity index (χ0n) is 12.3. The summed E-state index contributed by atoms with van der Waals surface area (Å²) in [6.07, 6.45) is -3.05. The first-order valence-electron chi connectivity index (χ1n) is 6.59. The van der Waals surface area contributed by atoms with E-state index in [1.807, 2.05) is 0 Å². The summed E-state index contributed by atoms with van der Waals surface area (Å²) in [6, 6.07) is 1.57. The molecule has 0 radical (unpaired) electrons. The Morgan fingerprint density at radius 1 is 1.00 bits per heavy atom. The predicted molar refractivity (Wildman–Crippen MR) is 70.6 cm³/mol. The maximum atomic E-state index is 13.9. The number of nitrogens with one attached hydrogen (secondary N) is 1. The summed E-state index contributed by atoms with van der Waals surface area (Å²) in [4.78, 5) is 23.5. The van der Waals surface area contributed by atoms with Gasteiger partial charge in [-0.15, -0.1) is 8.78 Å². The predicted octanol–water partition coefficient (Wildman–Crippen LogP) is 2.28. The van der Waals surface area contributed by atoms with Gasteiger partial charge in [-0.1, -0.05) is 0 Å². The van der Waals surface area contributed by atoms with Gasteiger partial charge in [0, 0.05) is 32.2 Å². The van der Waals surface area contributed by atoms with Gasteiger partial charge in [-0.25, -0.2) is 14.0 Å². The Balaban J connectivity index is 1.83. The van der Waals surface area contributed by atoms with Crippen molar-refractivity contribution >= 4 is 17.6 Å². The average Bonchev–Trinajstić information content (AvgIpc) is 2.69. The number of cyclic esters (lactones) is 2. The van der Waals surface area contributed by atoms with Crippen LogP contribution in [0, 0.1) is 5.82 Å². The molecule has 128 valence electrons. The van der Waals surface area contributed by atoms with Crippen molar-refractivity contribution in [1.82, 2.24) is 0 Å². The van der Waals surface area contributed by atoms with Crippen molar-refractivity contribution < 1.29 is 41.7 Å². The minimum Gasteiger partial charge on any atom is -0.419 e. The van der Waals surface area contributed by atoms with Gasteiger partial charge >= 0.3 is 18.2 Å². The maximum Gasteiger partial charge on any atom is 0.586 e. The molecule has 0 saturated carbocycles. The van der Waals surface area contributed by atoms with Gasteiger partial charge in [0.2, 0.25) is 0 Å². The third-order valence-electron chi connectivity index (χ3n) is 2.98. The molecule has 2 heterocycles. The maximum absolute atomic E-state index is 13.9. The zero-order chi connectivity index (χ0) is 17.7. The first kappa shape index (κ1) is 16.0. The fraction of sp³-hybridized carbons (Fsp3) is 0.286. The fourth-order valence-corrected chi connectivity index (χ4v) is 2.01. The lowest BCUT2D eigenvalue weighted by Gasteiger charge is -2.29. The number of hydrogen-bond donors (Lipinski definition) is 1. The van der Waals surface area contributed by atoms with E-state index in [0.717, 1.165) is 12.3 Å². The number of benzene rings is 1. The highest BCUT2D eigenvalue weighted by Crippen LogP contribution is 2.43. The van der Waals surface area contributed by atoms with Crippen LogP contribution in [-0.2, 0) is 19.1 Å². The van der Waals surface area contributed by atoms with Crippen LogP contribution in [0.4, 0.5) is 18.9 Å². The molecule has 1 aromatic carbocycles. The summed E-state index contributed by atoms with van der Waals surface area (Å²) in [5.41, 5.74) is -0.843. The molecule has 1 saturated heterocycles. The van der Waals surface area contributed by atoms with Gasteiger partial charge in [-0.05, 0) is 0 Å². The molecular formula is C14H10F3NO6. The van der Waals surface area contributed by atoms with Crippen molar-refractivity contribution in [2.24, 2.45) is 0 Å². The third kappa shape index (κ3) is 2.94. The summed E-state index contributed by atoms with van der Waals surface area (Å²) in [6.45, 7) is 2.73. The standard InChI is InChI=1S/C14H10F3NO6/c1-13(2)23-11(19)6(12(20)24-13)5-18-8-4-10-9(3-7(8)15)21-14(16,17)22-10/h3-5,18H,1-2H3. The van der Waals surface area contributed by atoms with Crippen molar-refractivity contribution in [2.45, 2.75) is 25.9 Å². The number of ether oxygens (including phenoxy) is 4. The van der Waals surface area contributed by atoms with Gasteiger partial charge in [0.1, 0.15) is 0 Å². The SMILES string of the molecule is CC1(C)OC(=O)C(=CNc2cc3c(cc2F)OC(F)(F)O3)C(=O)O1. The van der Waals surface area contributed by atoms with E-state index >= 15 is 0 Å². The van der Waals surface area contributed by atoms with E-state index in [1.54, 1.807) is 0 Å². The molecule has 0 atom stereocenters. The van der Waals surface area contributed by atoms with Crippen LogP contribution in [0.3, 0.4) is 0 Å². The molecule has 1 N–H and O–H groups in total. The van der Waals surface area contributed by atoms with Crippen LogP contribution in [0.25, 0.3) is 0 Å². The largest absolute Gasteiger partial charge is 0.586 e. The molecular weight excluding hydrogens is 335 g/mol. The minimum absolute atomic E-state index is 0.326. The van der Waals surface area contributed by atoms with E-state index in [0.29, 0.717) is 6.07 Å². The van der Waals surface area contributed by atoms with Crippen LogP contribution >= 0.6 is 0 Å². The van der Waals surface area contributed by atoms with Gasteiger partial charge < -0.3 is 24.3 Å². The normalized spacial score (nSPS) is 20.3. The number of halogens is 3. The van der Waals surface area contributed by atoms with Gasteiger partial charge in [-0.2, -0.15) is 0 Å². The van der Waals surface area contributed by atoms with Crippen molar-refractivity contribution in [3.8, 4) is 11.5 Å². The van der Waals surface area contributed by atoms with Crippen LogP contribution in [0.15, 0.2) is 23.9 Å². The Morgan fingerprint density at radius 2 is 1.54 bits per heavy atom. The molecule has 10 heteroatoms. The lowest BCUT2D eigenvalue weighted by atomic mass is 10.2. The average molecular weight is 345 g/mol. The first-order chi connectivity index (χ1) is 11.1. The number of rotatable bonds is 2. The van der Waals surface area contributed by atoms with Gasteiger partial charge in [0.05, 0.1) is 5.69 Å².